The summed E-state index contributed by atoms with van der Waals surface area (Å²) >= 11 is 0. The highest BCUT2D eigenvalue weighted by molar-refractivity contribution is 5.93. The minimum Gasteiger partial charge on any atom is -0.496 e. The molecular formula is C23H22N6O2. The average Bonchev–Trinajstić information content (AvgIpc) is 3.50. The van der Waals surface area contributed by atoms with Gasteiger partial charge in [-0.1, -0.05) is 12.1 Å². The fraction of sp³-hybridized carbons (Fsp3) is 0.304. The number of carbonyl (C=O) groups excluding carboxylic acids is 1. The summed E-state index contributed by atoms with van der Waals surface area (Å²) in [4.78, 5) is 19.9. The zero-order valence-electron chi connectivity index (χ0n) is 17.4. The van der Waals surface area contributed by atoms with Crippen molar-refractivity contribution in [1.82, 2.24) is 29.3 Å². The molecule has 2 aliphatic rings. The number of amides is 1. The lowest BCUT2D eigenvalue weighted by atomic mass is 9.98. The Morgan fingerprint density at radius 2 is 2.03 bits per heavy atom. The number of hydrogen-bond donors (Lipinski definition) is 0. The maximum atomic E-state index is 13.2. The Morgan fingerprint density at radius 1 is 1.16 bits per heavy atom. The van der Waals surface area contributed by atoms with E-state index in [9.17, 15) is 4.79 Å². The number of rotatable bonds is 3. The normalized spacial score (nSPS) is 19.6. The van der Waals surface area contributed by atoms with Crippen molar-refractivity contribution in [3.05, 3.63) is 65.7 Å². The molecule has 3 aromatic heterocycles. The molecule has 0 spiro atoms. The number of aromatic nitrogens is 5. The van der Waals surface area contributed by atoms with Gasteiger partial charge in [0.2, 0.25) is 0 Å². The predicted octanol–water partition coefficient (Wildman–Crippen LogP) is 3.04. The monoisotopic (exact) mass is 414 g/mol. The van der Waals surface area contributed by atoms with Crippen molar-refractivity contribution in [3.8, 4) is 17.0 Å². The standard InChI is InChI=1S/C23H22N6O2/c1-27-10-9-17(25-27)23(30)28-14-7-8-19(28)16-13-24-22-12-18(26-29(22)20(16)11-14)15-5-3-4-6-21(15)31-2/h3-6,9-10,12-14,19H,7-8,11H2,1-2H3/t14-,19-/m1/s1. The molecule has 1 aromatic carbocycles. The fourth-order valence-electron chi connectivity index (χ4n) is 5.05. The molecule has 5 heterocycles. The Kier molecular flexibility index (Phi) is 3.89. The van der Waals surface area contributed by atoms with Gasteiger partial charge in [-0.05, 0) is 31.0 Å². The highest BCUT2D eigenvalue weighted by Crippen LogP contribution is 2.44. The highest BCUT2D eigenvalue weighted by atomic mass is 16.5. The SMILES string of the molecule is COc1ccccc1-c1cc2ncc3c(n2n1)C[C@H]1CC[C@H]3N1C(=O)c1ccn(C)n1. The van der Waals surface area contributed by atoms with Crippen LogP contribution in [0.25, 0.3) is 16.9 Å². The van der Waals surface area contributed by atoms with Crippen LogP contribution in [-0.2, 0) is 13.5 Å². The Labute approximate surface area is 179 Å². The molecule has 2 bridgehead atoms. The first kappa shape index (κ1) is 18.1. The molecule has 8 nitrogen and oxygen atoms in total. The quantitative estimate of drug-likeness (QED) is 0.515. The van der Waals surface area contributed by atoms with E-state index in [4.69, 9.17) is 9.84 Å². The zero-order chi connectivity index (χ0) is 21.1. The summed E-state index contributed by atoms with van der Waals surface area (Å²) in [6.07, 6.45) is 6.39. The molecule has 31 heavy (non-hydrogen) atoms. The minimum atomic E-state index is -0.00553. The van der Waals surface area contributed by atoms with Crippen LogP contribution in [0.5, 0.6) is 5.75 Å². The third-order valence-corrected chi connectivity index (χ3v) is 6.46. The van der Waals surface area contributed by atoms with Crippen molar-refractivity contribution in [2.45, 2.75) is 31.3 Å². The van der Waals surface area contributed by atoms with Gasteiger partial charge in [0.05, 0.1) is 24.5 Å². The summed E-state index contributed by atoms with van der Waals surface area (Å²) in [5.41, 5.74) is 5.30. The Bertz CT molecular complexity index is 1320. The number of carbonyl (C=O) groups is 1. The van der Waals surface area contributed by atoms with Crippen molar-refractivity contribution < 1.29 is 9.53 Å². The molecule has 0 unspecified atom stereocenters. The lowest BCUT2D eigenvalue weighted by molar-refractivity contribution is 0.0635. The number of aryl methyl sites for hydroxylation is 1. The molecule has 0 saturated carbocycles. The molecule has 1 fully saturated rings. The van der Waals surface area contributed by atoms with Gasteiger partial charge in [0.15, 0.2) is 5.65 Å². The van der Waals surface area contributed by atoms with Gasteiger partial charge < -0.3 is 9.64 Å². The van der Waals surface area contributed by atoms with E-state index >= 15 is 0 Å². The summed E-state index contributed by atoms with van der Waals surface area (Å²) in [6.45, 7) is 0. The van der Waals surface area contributed by atoms with Crippen LogP contribution in [0.15, 0.2) is 48.8 Å². The van der Waals surface area contributed by atoms with E-state index in [0.29, 0.717) is 5.69 Å². The summed E-state index contributed by atoms with van der Waals surface area (Å²) in [5.74, 6) is 0.779. The van der Waals surface area contributed by atoms with Crippen LogP contribution in [0.4, 0.5) is 0 Å². The summed E-state index contributed by atoms with van der Waals surface area (Å²) in [6, 6.07) is 11.8. The number of methoxy groups -OCH3 is 1. The van der Waals surface area contributed by atoms with Gasteiger partial charge in [-0.3, -0.25) is 9.48 Å². The third kappa shape index (κ3) is 2.67. The first-order chi connectivity index (χ1) is 15.1. The molecule has 156 valence electrons. The molecule has 1 amide bonds. The lowest BCUT2D eigenvalue weighted by Crippen LogP contribution is -2.43. The third-order valence-electron chi connectivity index (χ3n) is 6.46. The number of fused-ring (bicyclic) bond motifs is 6. The molecule has 6 rings (SSSR count). The fourth-order valence-corrected chi connectivity index (χ4v) is 5.05. The van der Waals surface area contributed by atoms with Gasteiger partial charge in [0.1, 0.15) is 11.4 Å². The van der Waals surface area contributed by atoms with Crippen molar-refractivity contribution in [2.75, 3.05) is 7.11 Å². The van der Waals surface area contributed by atoms with Gasteiger partial charge in [-0.2, -0.15) is 10.2 Å². The second-order valence-electron chi connectivity index (χ2n) is 8.20. The van der Waals surface area contributed by atoms with Crippen LogP contribution < -0.4 is 4.74 Å². The highest BCUT2D eigenvalue weighted by Gasteiger charge is 2.44. The molecule has 2 atom stereocenters. The van der Waals surface area contributed by atoms with E-state index in [-0.39, 0.29) is 18.0 Å². The maximum absolute atomic E-state index is 13.2. The molecular weight excluding hydrogens is 392 g/mol. The number of benzene rings is 1. The maximum Gasteiger partial charge on any atom is 0.275 e. The van der Waals surface area contributed by atoms with E-state index in [2.05, 4.69) is 10.1 Å². The Hall–Kier alpha value is -3.68. The molecule has 4 aromatic rings. The van der Waals surface area contributed by atoms with Gasteiger partial charge in [-0.15, -0.1) is 0 Å². The van der Waals surface area contributed by atoms with E-state index in [1.807, 2.05) is 53.0 Å². The summed E-state index contributed by atoms with van der Waals surface area (Å²) < 4.78 is 9.13. The van der Waals surface area contributed by atoms with Crippen LogP contribution >= 0.6 is 0 Å². The molecule has 0 aliphatic carbocycles. The van der Waals surface area contributed by atoms with E-state index < -0.39 is 0 Å². The van der Waals surface area contributed by atoms with Crippen molar-refractivity contribution in [3.63, 3.8) is 0 Å². The minimum absolute atomic E-state index is 0.00553. The van der Waals surface area contributed by atoms with Crippen molar-refractivity contribution in [2.24, 2.45) is 7.05 Å². The number of nitrogens with zero attached hydrogens (tertiary/aromatic N) is 6. The van der Waals surface area contributed by atoms with Crippen LogP contribution in [-0.4, -0.2) is 48.3 Å². The second-order valence-corrected chi connectivity index (χ2v) is 8.20. The summed E-state index contributed by atoms with van der Waals surface area (Å²) in [7, 11) is 3.49. The van der Waals surface area contributed by atoms with Crippen LogP contribution in [0.2, 0.25) is 0 Å². The topological polar surface area (TPSA) is 77.5 Å². The van der Waals surface area contributed by atoms with Gasteiger partial charge in [0.25, 0.3) is 5.91 Å². The lowest BCUT2D eigenvalue weighted by Gasteiger charge is -2.35. The predicted molar refractivity (Wildman–Crippen MR) is 114 cm³/mol. The molecule has 0 N–H and O–H groups in total. The van der Waals surface area contributed by atoms with Crippen LogP contribution in [0, 0.1) is 0 Å². The molecule has 1 saturated heterocycles. The zero-order valence-corrected chi connectivity index (χ0v) is 17.4. The Morgan fingerprint density at radius 3 is 2.84 bits per heavy atom. The smallest absolute Gasteiger partial charge is 0.275 e. The number of ether oxygens (including phenoxy) is 1. The molecule has 8 heteroatoms. The number of hydrogen-bond acceptors (Lipinski definition) is 5. The second kappa shape index (κ2) is 6.66. The van der Waals surface area contributed by atoms with Gasteiger partial charge >= 0.3 is 0 Å². The molecule has 0 radical (unpaired) electrons. The van der Waals surface area contributed by atoms with Gasteiger partial charge in [0, 0.05) is 49.1 Å². The van der Waals surface area contributed by atoms with E-state index in [1.54, 1.807) is 24.1 Å². The van der Waals surface area contributed by atoms with Crippen molar-refractivity contribution >= 4 is 11.6 Å². The molecule has 2 aliphatic heterocycles. The summed E-state index contributed by atoms with van der Waals surface area (Å²) in [5, 5.41) is 9.21. The first-order valence-electron chi connectivity index (χ1n) is 10.5. The average molecular weight is 414 g/mol. The van der Waals surface area contributed by atoms with Crippen LogP contribution in [0.3, 0.4) is 0 Å². The Balaban J connectivity index is 1.43. The van der Waals surface area contributed by atoms with E-state index in [1.165, 1.54) is 0 Å². The van der Waals surface area contributed by atoms with E-state index in [0.717, 1.165) is 53.2 Å². The van der Waals surface area contributed by atoms with Gasteiger partial charge in [-0.25, -0.2) is 9.50 Å². The largest absolute Gasteiger partial charge is 0.496 e. The number of para-hydroxylation sites is 1. The van der Waals surface area contributed by atoms with Crippen molar-refractivity contribution in [1.29, 1.82) is 0 Å². The van der Waals surface area contributed by atoms with Crippen LogP contribution in [0.1, 0.15) is 40.6 Å². The first-order valence-corrected chi connectivity index (χ1v) is 10.5.